The van der Waals surface area contributed by atoms with Crippen molar-refractivity contribution in [1.82, 2.24) is 24.3 Å². The van der Waals surface area contributed by atoms with Crippen molar-refractivity contribution in [2.75, 3.05) is 117 Å². The molecule has 2 fully saturated rings. The standard InChI is InChI=1S/C38H54N6O8/c1-29-7-8-32(25-31(29)3)39-35(45)27-42-11-17-51-23-21-49-15-9-41(10-16-50-22-24-52-18-12-42)26-34-40-37-30(2)5-4-6-33(37)38(47)44(34)28-36(46)43-13-19-48-20-14-43/h4-8,25H,9-24,26-28H2,1-3H3,(H,39,45). The molecule has 3 heterocycles. The van der Waals surface area contributed by atoms with Crippen LogP contribution in [0.15, 0.2) is 41.2 Å². The minimum absolute atomic E-state index is 0.0867. The average molecular weight is 723 g/mol. The van der Waals surface area contributed by atoms with Gasteiger partial charge in [0.25, 0.3) is 5.56 Å². The fourth-order valence-electron chi connectivity index (χ4n) is 6.14. The number of rotatable bonds is 7. The van der Waals surface area contributed by atoms with Gasteiger partial charge in [0.15, 0.2) is 0 Å². The molecular formula is C38H54N6O8. The SMILES string of the molecule is Cc1ccc(NC(=O)CN2CCOCCOCCN(Cc3nc4c(C)cccc4c(=O)n3CC(=O)N3CCOCC3)CCOCCOCC2)cc1C. The molecule has 0 spiro atoms. The predicted octanol–water partition coefficient (Wildman–Crippen LogP) is 2.00. The van der Waals surface area contributed by atoms with E-state index in [1.807, 2.05) is 56.0 Å². The number of nitrogens with one attached hydrogen (secondary N) is 1. The average Bonchev–Trinajstić information content (AvgIpc) is 3.13. The van der Waals surface area contributed by atoms with E-state index in [4.69, 9.17) is 28.7 Å². The Kier molecular flexibility index (Phi) is 15.5. The lowest BCUT2D eigenvalue weighted by molar-refractivity contribution is -0.136. The molecule has 0 atom stereocenters. The van der Waals surface area contributed by atoms with Gasteiger partial charge >= 0.3 is 0 Å². The molecule has 1 N–H and O–H groups in total. The third-order valence-corrected chi connectivity index (χ3v) is 9.40. The quantitative estimate of drug-likeness (QED) is 0.384. The number of ether oxygens (including phenoxy) is 5. The van der Waals surface area contributed by atoms with Gasteiger partial charge in [-0.15, -0.1) is 0 Å². The summed E-state index contributed by atoms with van der Waals surface area (Å²) in [6.07, 6.45) is 0. The van der Waals surface area contributed by atoms with Gasteiger partial charge in [0, 0.05) is 45.0 Å². The Bertz CT molecular complexity index is 1660. The topological polar surface area (TPSA) is 137 Å². The Morgan fingerprint density at radius 1 is 0.673 bits per heavy atom. The molecule has 2 amide bonds. The number of carbonyl (C=O) groups excluding carboxylic acids is 2. The van der Waals surface area contributed by atoms with Crippen LogP contribution in [-0.4, -0.2) is 148 Å². The monoisotopic (exact) mass is 722 g/mol. The lowest BCUT2D eigenvalue weighted by Crippen LogP contribution is -2.44. The molecule has 0 unspecified atom stereocenters. The van der Waals surface area contributed by atoms with E-state index >= 15 is 0 Å². The normalized spacial score (nSPS) is 18.5. The van der Waals surface area contributed by atoms with Crippen molar-refractivity contribution < 1.29 is 33.3 Å². The number of hydrogen-bond acceptors (Lipinski definition) is 11. The molecule has 2 aliphatic heterocycles. The van der Waals surface area contributed by atoms with E-state index < -0.39 is 0 Å². The highest BCUT2D eigenvalue weighted by molar-refractivity contribution is 5.92. The van der Waals surface area contributed by atoms with Crippen LogP contribution in [0.5, 0.6) is 0 Å². The third-order valence-electron chi connectivity index (χ3n) is 9.40. The zero-order valence-electron chi connectivity index (χ0n) is 30.9. The van der Waals surface area contributed by atoms with Gasteiger partial charge in [-0.1, -0.05) is 18.2 Å². The van der Waals surface area contributed by atoms with E-state index in [0.717, 1.165) is 16.8 Å². The maximum absolute atomic E-state index is 13.8. The first-order valence-corrected chi connectivity index (χ1v) is 18.3. The fraction of sp³-hybridized carbons (Fsp3) is 0.579. The highest BCUT2D eigenvalue weighted by Gasteiger charge is 2.22. The number of carbonyl (C=O) groups is 2. The summed E-state index contributed by atoms with van der Waals surface area (Å²) >= 11 is 0. The Balaban J connectivity index is 1.18. The van der Waals surface area contributed by atoms with Gasteiger partial charge in [-0.3, -0.25) is 28.8 Å². The van der Waals surface area contributed by atoms with Crippen molar-refractivity contribution in [2.24, 2.45) is 0 Å². The molecule has 0 saturated carbocycles. The number of morpholine rings is 1. The maximum Gasteiger partial charge on any atom is 0.261 e. The van der Waals surface area contributed by atoms with E-state index in [9.17, 15) is 14.4 Å². The minimum Gasteiger partial charge on any atom is -0.378 e. The highest BCUT2D eigenvalue weighted by Crippen LogP contribution is 2.16. The molecule has 14 nitrogen and oxygen atoms in total. The summed E-state index contributed by atoms with van der Waals surface area (Å²) in [6.45, 7) is 14.1. The second kappa shape index (κ2) is 20.5. The van der Waals surface area contributed by atoms with Crippen molar-refractivity contribution >= 4 is 28.4 Å². The van der Waals surface area contributed by atoms with Crippen LogP contribution in [0.1, 0.15) is 22.5 Å². The number of amides is 2. The number of benzene rings is 2. The Hall–Kier alpha value is -3.76. The summed E-state index contributed by atoms with van der Waals surface area (Å²) in [5, 5.41) is 3.49. The number of fused-ring (bicyclic) bond motifs is 1. The summed E-state index contributed by atoms with van der Waals surface area (Å²) in [4.78, 5) is 50.8. The summed E-state index contributed by atoms with van der Waals surface area (Å²) < 4.78 is 30.6. The predicted molar refractivity (Wildman–Crippen MR) is 198 cm³/mol. The largest absolute Gasteiger partial charge is 0.378 e. The maximum atomic E-state index is 13.8. The van der Waals surface area contributed by atoms with Crippen LogP contribution >= 0.6 is 0 Å². The molecule has 0 aliphatic carbocycles. The van der Waals surface area contributed by atoms with Gasteiger partial charge in [-0.2, -0.15) is 0 Å². The molecule has 2 aliphatic rings. The van der Waals surface area contributed by atoms with Gasteiger partial charge < -0.3 is 33.9 Å². The molecule has 52 heavy (non-hydrogen) atoms. The fourth-order valence-corrected chi connectivity index (χ4v) is 6.14. The second-order valence-corrected chi connectivity index (χ2v) is 13.2. The van der Waals surface area contributed by atoms with E-state index in [1.165, 1.54) is 10.1 Å². The van der Waals surface area contributed by atoms with Crippen LogP contribution in [0.2, 0.25) is 0 Å². The van der Waals surface area contributed by atoms with Gasteiger partial charge in [0.05, 0.1) is 90.1 Å². The molecule has 284 valence electrons. The lowest BCUT2D eigenvalue weighted by Gasteiger charge is -2.28. The van der Waals surface area contributed by atoms with Crippen LogP contribution in [0.25, 0.3) is 10.9 Å². The van der Waals surface area contributed by atoms with Crippen molar-refractivity contribution in [3.8, 4) is 0 Å². The molecule has 5 rings (SSSR count). The van der Waals surface area contributed by atoms with Gasteiger partial charge in [0.1, 0.15) is 12.4 Å². The van der Waals surface area contributed by atoms with Crippen LogP contribution in [0.4, 0.5) is 5.69 Å². The van der Waals surface area contributed by atoms with Crippen molar-refractivity contribution in [3.63, 3.8) is 0 Å². The smallest absolute Gasteiger partial charge is 0.261 e. The molecule has 0 bridgehead atoms. The summed E-state index contributed by atoms with van der Waals surface area (Å²) in [5.74, 6) is 0.307. The Morgan fingerprint density at radius 3 is 1.87 bits per heavy atom. The van der Waals surface area contributed by atoms with Gasteiger partial charge in [-0.25, -0.2) is 4.98 Å². The number of aromatic nitrogens is 2. The molecule has 3 aromatic rings. The molecular weight excluding hydrogens is 668 g/mol. The van der Waals surface area contributed by atoms with Crippen LogP contribution < -0.4 is 10.9 Å². The Labute approximate surface area is 305 Å². The zero-order chi connectivity index (χ0) is 36.7. The van der Waals surface area contributed by atoms with E-state index in [2.05, 4.69) is 10.2 Å². The first-order chi connectivity index (χ1) is 25.3. The van der Waals surface area contributed by atoms with Gasteiger partial charge in [-0.05, 0) is 55.7 Å². The van der Waals surface area contributed by atoms with Crippen LogP contribution in [0, 0.1) is 20.8 Å². The Morgan fingerprint density at radius 2 is 1.25 bits per heavy atom. The summed E-state index contributed by atoms with van der Waals surface area (Å²) in [6, 6.07) is 11.4. The number of para-hydroxylation sites is 1. The lowest BCUT2D eigenvalue weighted by atomic mass is 10.1. The third kappa shape index (κ3) is 11.9. The number of hydrogen-bond donors (Lipinski definition) is 1. The van der Waals surface area contributed by atoms with Crippen LogP contribution in [-0.2, 0) is 46.4 Å². The van der Waals surface area contributed by atoms with E-state index in [1.54, 1.807) is 11.0 Å². The number of nitrogens with zero attached hydrogens (tertiary/aromatic N) is 5. The van der Waals surface area contributed by atoms with Gasteiger partial charge in [0.2, 0.25) is 11.8 Å². The summed E-state index contributed by atoms with van der Waals surface area (Å²) in [7, 11) is 0. The number of aryl methyl sites for hydroxylation is 3. The molecule has 0 radical (unpaired) electrons. The van der Waals surface area contributed by atoms with E-state index in [0.29, 0.717) is 129 Å². The van der Waals surface area contributed by atoms with Crippen molar-refractivity contribution in [3.05, 3.63) is 69.3 Å². The number of anilines is 1. The van der Waals surface area contributed by atoms with E-state index in [-0.39, 0.29) is 30.5 Å². The van der Waals surface area contributed by atoms with Crippen molar-refractivity contribution in [1.29, 1.82) is 0 Å². The molecule has 1 aromatic heterocycles. The molecule has 2 aromatic carbocycles. The zero-order valence-corrected chi connectivity index (χ0v) is 30.9. The second-order valence-electron chi connectivity index (χ2n) is 13.2. The minimum atomic E-state index is -0.228. The molecule has 14 heteroatoms. The van der Waals surface area contributed by atoms with Crippen molar-refractivity contribution in [2.45, 2.75) is 33.9 Å². The first-order valence-electron chi connectivity index (χ1n) is 18.3. The van der Waals surface area contributed by atoms with Crippen LogP contribution in [0.3, 0.4) is 0 Å². The summed E-state index contributed by atoms with van der Waals surface area (Å²) in [5.41, 5.74) is 4.41. The molecule has 2 saturated heterocycles. The highest BCUT2D eigenvalue weighted by atomic mass is 16.5. The first kappa shape index (κ1) is 39.4.